The van der Waals surface area contributed by atoms with E-state index in [9.17, 15) is 4.79 Å². The summed E-state index contributed by atoms with van der Waals surface area (Å²) in [6.07, 6.45) is 5.97. The van der Waals surface area contributed by atoms with Crippen LogP contribution in [0.1, 0.15) is 12.7 Å². The number of anilines is 2. The molecule has 1 aliphatic rings. The van der Waals surface area contributed by atoms with Gasteiger partial charge in [-0.15, -0.1) is 0 Å². The second-order valence-electron chi connectivity index (χ2n) is 8.02. The first-order valence-corrected chi connectivity index (χ1v) is 11.9. The number of fused-ring (bicyclic) bond motifs is 1. The van der Waals surface area contributed by atoms with Crippen LogP contribution in [0.2, 0.25) is 10.0 Å². The highest BCUT2D eigenvalue weighted by molar-refractivity contribution is 6.39. The van der Waals surface area contributed by atoms with Crippen molar-refractivity contribution in [2.45, 2.75) is 13.3 Å². The van der Waals surface area contributed by atoms with Gasteiger partial charge in [0.2, 0.25) is 5.91 Å². The first-order valence-electron chi connectivity index (χ1n) is 11.2. The highest BCUT2D eigenvalue weighted by Crippen LogP contribution is 2.34. The van der Waals surface area contributed by atoms with Gasteiger partial charge in [-0.2, -0.15) is 0 Å². The average Bonchev–Trinajstić information content (AvgIpc) is 3.47. The number of nitrogens with one attached hydrogen (secondary N) is 1. The summed E-state index contributed by atoms with van der Waals surface area (Å²) >= 11 is 12.7. The number of amides is 1. The highest BCUT2D eigenvalue weighted by Gasteiger charge is 2.25. The lowest BCUT2D eigenvalue weighted by atomic mass is 10.2. The van der Waals surface area contributed by atoms with Crippen molar-refractivity contribution in [3.63, 3.8) is 0 Å². The van der Waals surface area contributed by atoms with E-state index in [2.05, 4.69) is 20.2 Å². The standard InChI is InChI=1S/C24H24Cl2N6O2/c1-2-16-6-7-19(34-16)22-24(32-9-8-27-14-20(32)29-22)28-15-21(33)30-10-12-31(13-11-30)23-17(25)4-3-5-18(23)26/h3-9,14,28H,2,10-13,15H2,1H3. The minimum atomic E-state index is 0.00792. The fourth-order valence-electron chi connectivity index (χ4n) is 4.18. The van der Waals surface area contributed by atoms with Crippen molar-refractivity contribution in [3.05, 3.63) is 64.7 Å². The van der Waals surface area contributed by atoms with Gasteiger partial charge in [0.05, 0.1) is 28.5 Å². The zero-order valence-electron chi connectivity index (χ0n) is 18.7. The molecule has 3 aromatic heterocycles. The SMILES string of the molecule is CCc1ccc(-c2nc3cnccn3c2NCC(=O)N2CCN(c3c(Cl)cccc3Cl)CC2)o1. The smallest absolute Gasteiger partial charge is 0.242 e. The molecule has 1 saturated heterocycles. The van der Waals surface area contributed by atoms with Crippen LogP contribution in [-0.4, -0.2) is 57.9 Å². The van der Waals surface area contributed by atoms with E-state index in [-0.39, 0.29) is 12.5 Å². The van der Waals surface area contributed by atoms with Gasteiger partial charge < -0.3 is 19.5 Å². The van der Waals surface area contributed by atoms with Gasteiger partial charge in [-0.3, -0.25) is 14.2 Å². The Labute approximate surface area is 207 Å². The zero-order valence-corrected chi connectivity index (χ0v) is 20.2. The molecule has 5 rings (SSSR count). The molecule has 8 nitrogen and oxygen atoms in total. The number of aromatic nitrogens is 3. The maximum absolute atomic E-state index is 13.0. The number of piperazine rings is 1. The molecule has 1 amide bonds. The van der Waals surface area contributed by atoms with E-state index in [1.807, 2.05) is 52.8 Å². The minimum Gasteiger partial charge on any atom is -0.459 e. The summed E-state index contributed by atoms with van der Waals surface area (Å²) in [6, 6.07) is 9.33. The first kappa shape index (κ1) is 22.6. The summed E-state index contributed by atoms with van der Waals surface area (Å²) in [5.74, 6) is 2.24. The van der Waals surface area contributed by atoms with Crippen LogP contribution in [0.3, 0.4) is 0 Å². The number of nitrogens with zero attached hydrogens (tertiary/aromatic N) is 5. The number of aryl methyl sites for hydroxylation is 1. The largest absolute Gasteiger partial charge is 0.459 e. The molecule has 0 spiro atoms. The number of hydrogen-bond donors (Lipinski definition) is 1. The Balaban J connectivity index is 1.29. The van der Waals surface area contributed by atoms with E-state index in [1.54, 1.807) is 12.4 Å². The lowest BCUT2D eigenvalue weighted by Crippen LogP contribution is -2.50. The highest BCUT2D eigenvalue weighted by atomic mass is 35.5. The molecule has 0 atom stereocenters. The van der Waals surface area contributed by atoms with Gasteiger partial charge in [-0.05, 0) is 24.3 Å². The van der Waals surface area contributed by atoms with Crippen LogP contribution in [0.15, 0.2) is 53.3 Å². The Bertz CT molecular complexity index is 1310. The number of halogens is 2. The Morgan fingerprint density at radius 3 is 2.59 bits per heavy atom. The second kappa shape index (κ2) is 9.56. The zero-order chi connectivity index (χ0) is 23.7. The molecule has 34 heavy (non-hydrogen) atoms. The quantitative estimate of drug-likeness (QED) is 0.417. The molecule has 4 aromatic rings. The van der Waals surface area contributed by atoms with Crippen LogP contribution in [-0.2, 0) is 11.2 Å². The number of benzene rings is 1. The van der Waals surface area contributed by atoms with Crippen molar-refractivity contribution in [1.82, 2.24) is 19.3 Å². The van der Waals surface area contributed by atoms with Gasteiger partial charge in [0.15, 0.2) is 11.4 Å². The van der Waals surface area contributed by atoms with Gasteiger partial charge in [-0.1, -0.05) is 36.2 Å². The first-order chi connectivity index (χ1) is 16.5. The van der Waals surface area contributed by atoms with E-state index in [0.717, 1.165) is 17.9 Å². The molecular formula is C24H24Cl2N6O2. The van der Waals surface area contributed by atoms with Crippen LogP contribution < -0.4 is 10.2 Å². The summed E-state index contributed by atoms with van der Waals surface area (Å²) in [4.78, 5) is 25.8. The molecule has 1 fully saturated rings. The van der Waals surface area contributed by atoms with Crippen LogP contribution in [0.5, 0.6) is 0 Å². The van der Waals surface area contributed by atoms with Gasteiger partial charge in [0.25, 0.3) is 0 Å². The van der Waals surface area contributed by atoms with Gasteiger partial charge >= 0.3 is 0 Å². The summed E-state index contributed by atoms with van der Waals surface area (Å²) in [6.45, 7) is 4.67. The maximum Gasteiger partial charge on any atom is 0.242 e. The Kier molecular flexibility index (Phi) is 6.34. The molecule has 0 unspecified atom stereocenters. The normalized spacial score (nSPS) is 14.1. The lowest BCUT2D eigenvalue weighted by molar-refractivity contribution is -0.129. The van der Waals surface area contributed by atoms with Gasteiger partial charge in [0, 0.05) is 45.0 Å². The van der Waals surface area contributed by atoms with Gasteiger partial charge in [-0.25, -0.2) is 4.98 Å². The van der Waals surface area contributed by atoms with E-state index in [0.29, 0.717) is 59.1 Å². The molecule has 4 heterocycles. The number of hydrogen-bond acceptors (Lipinski definition) is 6. The van der Waals surface area contributed by atoms with Crippen LogP contribution in [0, 0.1) is 0 Å². The molecular weight excluding hydrogens is 475 g/mol. The maximum atomic E-state index is 13.0. The molecule has 1 N–H and O–H groups in total. The molecule has 0 saturated carbocycles. The average molecular weight is 499 g/mol. The van der Waals surface area contributed by atoms with Crippen molar-refractivity contribution < 1.29 is 9.21 Å². The van der Waals surface area contributed by atoms with E-state index < -0.39 is 0 Å². The summed E-state index contributed by atoms with van der Waals surface area (Å²) < 4.78 is 7.80. The predicted octanol–water partition coefficient (Wildman–Crippen LogP) is 4.62. The fraction of sp³-hybridized carbons (Fsp3) is 0.292. The number of furan rings is 1. The number of rotatable bonds is 6. The molecule has 0 radical (unpaired) electrons. The summed E-state index contributed by atoms with van der Waals surface area (Å²) in [7, 11) is 0. The molecule has 1 aliphatic heterocycles. The molecule has 0 aliphatic carbocycles. The van der Waals surface area contributed by atoms with Crippen molar-refractivity contribution >= 4 is 46.3 Å². The predicted molar refractivity (Wildman–Crippen MR) is 134 cm³/mol. The molecule has 0 bridgehead atoms. The third-order valence-corrected chi connectivity index (χ3v) is 6.58. The van der Waals surface area contributed by atoms with Crippen LogP contribution >= 0.6 is 23.2 Å². The third kappa shape index (κ3) is 4.31. The van der Waals surface area contributed by atoms with Crippen molar-refractivity contribution in [2.24, 2.45) is 0 Å². The second-order valence-corrected chi connectivity index (χ2v) is 8.84. The summed E-state index contributed by atoms with van der Waals surface area (Å²) in [5, 5.41) is 4.52. The van der Waals surface area contributed by atoms with Gasteiger partial charge in [0.1, 0.15) is 17.3 Å². The lowest BCUT2D eigenvalue weighted by Gasteiger charge is -2.37. The molecule has 1 aromatic carbocycles. The topological polar surface area (TPSA) is 78.9 Å². The molecule has 176 valence electrons. The van der Waals surface area contributed by atoms with E-state index in [4.69, 9.17) is 27.6 Å². The number of para-hydroxylation sites is 1. The van der Waals surface area contributed by atoms with Crippen molar-refractivity contribution in [3.8, 4) is 11.5 Å². The van der Waals surface area contributed by atoms with Crippen molar-refractivity contribution in [2.75, 3.05) is 42.9 Å². The number of carbonyl (C=O) groups is 1. The Morgan fingerprint density at radius 1 is 1.12 bits per heavy atom. The van der Waals surface area contributed by atoms with Crippen LogP contribution in [0.4, 0.5) is 11.5 Å². The third-order valence-electron chi connectivity index (χ3n) is 5.97. The number of carbonyl (C=O) groups excluding carboxylic acids is 1. The Hall–Kier alpha value is -3.23. The Morgan fingerprint density at radius 2 is 1.88 bits per heavy atom. The molecule has 10 heteroatoms. The fourth-order valence-corrected chi connectivity index (χ4v) is 4.82. The number of imidazole rings is 1. The van der Waals surface area contributed by atoms with Crippen molar-refractivity contribution in [1.29, 1.82) is 0 Å². The summed E-state index contributed by atoms with van der Waals surface area (Å²) in [5.41, 5.74) is 2.15. The van der Waals surface area contributed by atoms with E-state index in [1.165, 1.54) is 0 Å². The minimum absolute atomic E-state index is 0.00792. The monoisotopic (exact) mass is 498 g/mol. The van der Waals surface area contributed by atoms with E-state index >= 15 is 0 Å². The van der Waals surface area contributed by atoms with Crippen LogP contribution in [0.25, 0.3) is 17.1 Å².